The number of hydrogen-bond acceptors (Lipinski definition) is 2. The third-order valence-corrected chi connectivity index (χ3v) is 4.43. The van der Waals surface area contributed by atoms with Gasteiger partial charge in [-0.1, -0.05) is 31.2 Å². The molecular formula is C15H21NO. The fraction of sp³-hybridized carbons (Fsp3) is 0.600. The van der Waals surface area contributed by atoms with Crippen molar-refractivity contribution in [3.05, 3.63) is 35.4 Å². The zero-order valence-electron chi connectivity index (χ0n) is 10.6. The second-order valence-electron chi connectivity index (χ2n) is 5.80. The summed E-state index contributed by atoms with van der Waals surface area (Å²) in [6.45, 7) is 5.74. The van der Waals surface area contributed by atoms with Gasteiger partial charge in [-0.05, 0) is 36.8 Å². The van der Waals surface area contributed by atoms with Crippen molar-refractivity contribution in [2.45, 2.75) is 44.9 Å². The highest BCUT2D eigenvalue weighted by Crippen LogP contribution is 2.38. The highest BCUT2D eigenvalue weighted by Gasteiger charge is 2.39. The van der Waals surface area contributed by atoms with E-state index in [4.69, 9.17) is 0 Å². The molecule has 1 aliphatic heterocycles. The van der Waals surface area contributed by atoms with Gasteiger partial charge in [-0.25, -0.2) is 0 Å². The number of likely N-dealkylation sites (tertiary alicyclic amines) is 1. The summed E-state index contributed by atoms with van der Waals surface area (Å²) in [6.07, 6.45) is 1.98. The van der Waals surface area contributed by atoms with Crippen LogP contribution < -0.4 is 0 Å². The van der Waals surface area contributed by atoms with E-state index in [-0.39, 0.29) is 6.10 Å². The Balaban J connectivity index is 1.84. The fourth-order valence-electron chi connectivity index (χ4n) is 3.65. The molecule has 1 aliphatic carbocycles. The highest BCUT2D eigenvalue weighted by atomic mass is 16.3. The summed E-state index contributed by atoms with van der Waals surface area (Å²) in [6, 6.07) is 9.24. The van der Waals surface area contributed by atoms with Gasteiger partial charge in [0.05, 0.1) is 6.10 Å². The van der Waals surface area contributed by atoms with Gasteiger partial charge >= 0.3 is 0 Å². The van der Waals surface area contributed by atoms with Crippen LogP contribution in [-0.4, -0.2) is 28.6 Å². The van der Waals surface area contributed by atoms with Crippen LogP contribution >= 0.6 is 0 Å². The summed E-state index contributed by atoms with van der Waals surface area (Å²) < 4.78 is 0. The normalized spacial score (nSPS) is 37.4. The van der Waals surface area contributed by atoms with Gasteiger partial charge in [0.15, 0.2) is 0 Å². The van der Waals surface area contributed by atoms with Gasteiger partial charge in [0.25, 0.3) is 0 Å². The number of aliphatic hydroxyl groups excluding tert-OH is 1. The fourth-order valence-corrected chi connectivity index (χ4v) is 3.65. The first-order chi connectivity index (χ1) is 8.16. The average molecular weight is 231 g/mol. The SMILES string of the molecule is CC1CC(C)N(C2Cc3ccccc3C2O)C1. The van der Waals surface area contributed by atoms with E-state index >= 15 is 0 Å². The van der Waals surface area contributed by atoms with Gasteiger partial charge < -0.3 is 5.11 Å². The summed E-state index contributed by atoms with van der Waals surface area (Å²) in [5.74, 6) is 0.765. The van der Waals surface area contributed by atoms with Crippen LogP contribution in [0.5, 0.6) is 0 Å². The summed E-state index contributed by atoms with van der Waals surface area (Å²) in [5.41, 5.74) is 2.47. The number of fused-ring (bicyclic) bond motifs is 1. The largest absolute Gasteiger partial charge is 0.387 e. The molecule has 0 amide bonds. The molecule has 92 valence electrons. The minimum Gasteiger partial charge on any atom is -0.387 e. The molecule has 2 heteroatoms. The van der Waals surface area contributed by atoms with Gasteiger partial charge in [0.2, 0.25) is 0 Å². The van der Waals surface area contributed by atoms with Gasteiger partial charge in [-0.2, -0.15) is 0 Å². The molecule has 0 bridgehead atoms. The lowest BCUT2D eigenvalue weighted by Gasteiger charge is -2.30. The predicted molar refractivity (Wildman–Crippen MR) is 68.8 cm³/mol. The average Bonchev–Trinajstić information content (AvgIpc) is 2.80. The van der Waals surface area contributed by atoms with Gasteiger partial charge in [-0.15, -0.1) is 0 Å². The Hall–Kier alpha value is -0.860. The topological polar surface area (TPSA) is 23.5 Å². The van der Waals surface area contributed by atoms with Crippen molar-refractivity contribution >= 4 is 0 Å². The number of nitrogens with zero attached hydrogens (tertiary/aromatic N) is 1. The summed E-state index contributed by atoms with van der Waals surface area (Å²) in [4.78, 5) is 2.51. The Morgan fingerprint density at radius 1 is 1.24 bits per heavy atom. The van der Waals surface area contributed by atoms with E-state index in [9.17, 15) is 5.11 Å². The van der Waals surface area contributed by atoms with Crippen molar-refractivity contribution in [1.82, 2.24) is 4.90 Å². The molecule has 1 saturated heterocycles. The van der Waals surface area contributed by atoms with E-state index in [1.807, 2.05) is 6.07 Å². The van der Waals surface area contributed by atoms with Crippen molar-refractivity contribution in [2.75, 3.05) is 6.54 Å². The monoisotopic (exact) mass is 231 g/mol. The molecule has 2 aliphatic rings. The van der Waals surface area contributed by atoms with Crippen molar-refractivity contribution in [1.29, 1.82) is 0 Å². The Kier molecular flexibility index (Phi) is 2.72. The van der Waals surface area contributed by atoms with Crippen molar-refractivity contribution < 1.29 is 5.11 Å². The van der Waals surface area contributed by atoms with Gasteiger partial charge in [0, 0.05) is 18.6 Å². The van der Waals surface area contributed by atoms with Crippen LogP contribution in [0, 0.1) is 5.92 Å². The Morgan fingerprint density at radius 2 is 2.00 bits per heavy atom. The van der Waals surface area contributed by atoms with Crippen LogP contribution in [0.4, 0.5) is 0 Å². The Bertz CT molecular complexity index is 417. The van der Waals surface area contributed by atoms with Crippen LogP contribution in [0.1, 0.15) is 37.5 Å². The maximum atomic E-state index is 10.5. The van der Waals surface area contributed by atoms with E-state index in [1.165, 1.54) is 12.0 Å². The second kappa shape index (κ2) is 4.11. The first kappa shape index (κ1) is 11.2. The van der Waals surface area contributed by atoms with E-state index in [0.29, 0.717) is 12.1 Å². The molecule has 3 rings (SSSR count). The first-order valence-electron chi connectivity index (χ1n) is 6.68. The van der Waals surface area contributed by atoms with Crippen LogP contribution in [0.15, 0.2) is 24.3 Å². The van der Waals surface area contributed by atoms with Crippen LogP contribution in [0.25, 0.3) is 0 Å². The number of benzene rings is 1. The molecular weight excluding hydrogens is 210 g/mol. The summed E-state index contributed by atoms with van der Waals surface area (Å²) in [7, 11) is 0. The van der Waals surface area contributed by atoms with Crippen molar-refractivity contribution in [3.8, 4) is 0 Å². The summed E-state index contributed by atoms with van der Waals surface area (Å²) in [5, 5.41) is 10.5. The minimum atomic E-state index is -0.293. The summed E-state index contributed by atoms with van der Waals surface area (Å²) >= 11 is 0. The Labute approximate surface area is 103 Å². The molecule has 1 fully saturated rings. The molecule has 1 N–H and O–H groups in total. The van der Waals surface area contributed by atoms with Crippen LogP contribution in [-0.2, 0) is 6.42 Å². The van der Waals surface area contributed by atoms with Gasteiger partial charge in [-0.3, -0.25) is 4.90 Å². The van der Waals surface area contributed by atoms with E-state index in [1.54, 1.807) is 0 Å². The first-order valence-corrected chi connectivity index (χ1v) is 6.68. The van der Waals surface area contributed by atoms with E-state index in [2.05, 4.69) is 36.9 Å². The van der Waals surface area contributed by atoms with E-state index < -0.39 is 0 Å². The van der Waals surface area contributed by atoms with E-state index in [0.717, 1.165) is 24.4 Å². The van der Waals surface area contributed by atoms with Crippen LogP contribution in [0.2, 0.25) is 0 Å². The molecule has 4 unspecified atom stereocenters. The lowest BCUT2D eigenvalue weighted by Crippen LogP contribution is -2.40. The number of rotatable bonds is 1. The zero-order chi connectivity index (χ0) is 12.0. The number of hydrogen-bond donors (Lipinski definition) is 1. The zero-order valence-corrected chi connectivity index (χ0v) is 10.6. The molecule has 1 heterocycles. The molecule has 0 radical (unpaired) electrons. The predicted octanol–water partition coefficient (Wildman–Crippen LogP) is 2.38. The third kappa shape index (κ3) is 1.80. The molecule has 4 atom stereocenters. The molecule has 1 aromatic rings. The van der Waals surface area contributed by atoms with Gasteiger partial charge in [0.1, 0.15) is 0 Å². The molecule has 0 saturated carbocycles. The minimum absolute atomic E-state index is 0.293. The molecule has 0 aromatic heterocycles. The maximum Gasteiger partial charge on any atom is 0.0951 e. The second-order valence-corrected chi connectivity index (χ2v) is 5.80. The molecule has 1 aromatic carbocycles. The van der Waals surface area contributed by atoms with Crippen LogP contribution in [0.3, 0.4) is 0 Å². The molecule has 2 nitrogen and oxygen atoms in total. The van der Waals surface area contributed by atoms with Crippen molar-refractivity contribution in [2.24, 2.45) is 5.92 Å². The standard InChI is InChI=1S/C15H21NO/c1-10-7-11(2)16(9-10)14-8-12-5-3-4-6-13(12)15(14)17/h3-6,10-11,14-15,17H,7-9H2,1-2H3. The maximum absolute atomic E-state index is 10.5. The Morgan fingerprint density at radius 3 is 2.65 bits per heavy atom. The smallest absolute Gasteiger partial charge is 0.0951 e. The lowest BCUT2D eigenvalue weighted by atomic mass is 10.1. The number of aliphatic hydroxyl groups is 1. The van der Waals surface area contributed by atoms with Crippen molar-refractivity contribution in [3.63, 3.8) is 0 Å². The lowest BCUT2D eigenvalue weighted by molar-refractivity contribution is 0.0556. The highest BCUT2D eigenvalue weighted by molar-refractivity contribution is 5.36. The molecule has 0 spiro atoms. The quantitative estimate of drug-likeness (QED) is 0.802. The molecule has 17 heavy (non-hydrogen) atoms. The third-order valence-electron chi connectivity index (χ3n) is 4.43.